The van der Waals surface area contributed by atoms with Crippen LogP contribution < -0.4 is 5.32 Å². The minimum absolute atomic E-state index is 0.347. The molecular formula is C20H18FN7O. The van der Waals surface area contributed by atoms with Crippen molar-refractivity contribution < 1.29 is 9.18 Å². The Labute approximate surface area is 166 Å². The van der Waals surface area contributed by atoms with Gasteiger partial charge >= 0.3 is 0 Å². The van der Waals surface area contributed by atoms with E-state index in [1.807, 2.05) is 19.9 Å². The molecule has 1 N–H and O–H groups in total. The normalized spacial score (nSPS) is 10.9. The van der Waals surface area contributed by atoms with Crippen LogP contribution in [0.3, 0.4) is 0 Å². The minimum atomic E-state index is -0.348. The van der Waals surface area contributed by atoms with Crippen LogP contribution in [0.5, 0.6) is 0 Å². The summed E-state index contributed by atoms with van der Waals surface area (Å²) >= 11 is 0. The van der Waals surface area contributed by atoms with Crippen LogP contribution in [0.15, 0.2) is 42.7 Å². The lowest BCUT2D eigenvalue weighted by atomic mass is 10.1. The molecular weight excluding hydrogens is 373 g/mol. The minimum Gasteiger partial charge on any atom is -0.323 e. The summed E-state index contributed by atoms with van der Waals surface area (Å²) in [6, 6.07) is 9.57. The molecule has 3 aromatic heterocycles. The summed E-state index contributed by atoms with van der Waals surface area (Å²) in [5.74, 6) is 1.06. The topological polar surface area (TPSA) is 90.5 Å². The fraction of sp³-hybridized carbons (Fsp3) is 0.150. The second-order valence-corrected chi connectivity index (χ2v) is 6.58. The molecule has 0 radical (unpaired) electrons. The first kappa shape index (κ1) is 18.5. The van der Waals surface area contributed by atoms with Crippen molar-refractivity contribution in [1.82, 2.24) is 29.5 Å². The molecule has 0 bridgehead atoms. The maximum absolute atomic E-state index is 13.3. The van der Waals surface area contributed by atoms with E-state index in [1.165, 1.54) is 18.5 Å². The molecule has 0 aliphatic heterocycles. The monoisotopic (exact) mass is 391 g/mol. The van der Waals surface area contributed by atoms with Gasteiger partial charge in [0.2, 0.25) is 0 Å². The third kappa shape index (κ3) is 3.49. The van der Waals surface area contributed by atoms with Crippen molar-refractivity contribution in [3.63, 3.8) is 0 Å². The Balaban J connectivity index is 1.71. The number of rotatable bonds is 5. The zero-order valence-electron chi connectivity index (χ0n) is 16.1. The fourth-order valence-corrected chi connectivity index (χ4v) is 3.21. The number of carbonyl (C=O) groups is 1. The van der Waals surface area contributed by atoms with Crippen LogP contribution in [0.2, 0.25) is 0 Å². The van der Waals surface area contributed by atoms with Crippen molar-refractivity contribution in [2.75, 3.05) is 5.32 Å². The molecule has 0 saturated carbocycles. The molecule has 8 nitrogen and oxygen atoms in total. The average Bonchev–Trinajstić information content (AvgIpc) is 3.20. The number of anilines is 2. The molecule has 0 spiro atoms. The Morgan fingerprint density at radius 2 is 1.83 bits per heavy atom. The number of carbonyl (C=O) groups excluding carboxylic acids is 1. The first-order valence-electron chi connectivity index (χ1n) is 8.87. The molecule has 3 heterocycles. The highest BCUT2D eigenvalue weighted by Crippen LogP contribution is 2.29. The third-order valence-electron chi connectivity index (χ3n) is 4.45. The summed E-state index contributed by atoms with van der Waals surface area (Å²) in [6.07, 6.45) is 2.13. The lowest BCUT2D eigenvalue weighted by Gasteiger charge is -2.07. The number of aromatic nitrogens is 6. The summed E-state index contributed by atoms with van der Waals surface area (Å²) in [5, 5.41) is 11.9. The van der Waals surface area contributed by atoms with Crippen LogP contribution in [0.25, 0.3) is 17.1 Å². The largest absolute Gasteiger partial charge is 0.323 e. The number of aryl methyl sites for hydroxylation is 3. The van der Waals surface area contributed by atoms with Gasteiger partial charge in [-0.15, -0.1) is 0 Å². The van der Waals surface area contributed by atoms with E-state index >= 15 is 0 Å². The maximum Gasteiger partial charge on any atom is 0.164 e. The molecule has 0 fully saturated rings. The van der Waals surface area contributed by atoms with Gasteiger partial charge < -0.3 is 5.32 Å². The number of hydrogen-bond donors (Lipinski definition) is 1. The Morgan fingerprint density at radius 3 is 2.48 bits per heavy atom. The van der Waals surface area contributed by atoms with Gasteiger partial charge in [-0.25, -0.2) is 19.0 Å². The average molecular weight is 391 g/mol. The molecule has 29 heavy (non-hydrogen) atoms. The zero-order valence-corrected chi connectivity index (χ0v) is 16.1. The second kappa shape index (κ2) is 7.27. The number of hydrogen-bond acceptors (Lipinski definition) is 6. The van der Waals surface area contributed by atoms with E-state index < -0.39 is 0 Å². The van der Waals surface area contributed by atoms with Crippen molar-refractivity contribution in [3.05, 3.63) is 65.5 Å². The number of benzene rings is 1. The molecule has 9 heteroatoms. The lowest BCUT2D eigenvalue weighted by molar-refractivity contribution is 0.112. The van der Waals surface area contributed by atoms with E-state index in [1.54, 1.807) is 34.6 Å². The van der Waals surface area contributed by atoms with E-state index in [0.717, 1.165) is 17.7 Å². The van der Waals surface area contributed by atoms with E-state index in [2.05, 4.69) is 25.5 Å². The molecule has 4 aromatic rings. The predicted molar refractivity (Wildman–Crippen MR) is 106 cm³/mol. The molecule has 4 rings (SSSR count). The van der Waals surface area contributed by atoms with Gasteiger partial charge in [-0.05, 0) is 44.2 Å². The van der Waals surface area contributed by atoms with Gasteiger partial charge in [0.1, 0.15) is 18.0 Å². The van der Waals surface area contributed by atoms with E-state index in [0.29, 0.717) is 34.3 Å². The number of aldehydes is 1. The van der Waals surface area contributed by atoms with Crippen LogP contribution in [0, 0.1) is 19.7 Å². The van der Waals surface area contributed by atoms with Gasteiger partial charge in [0.15, 0.2) is 17.9 Å². The third-order valence-corrected chi connectivity index (χ3v) is 4.45. The number of nitrogens with zero attached hydrogens (tertiary/aromatic N) is 6. The van der Waals surface area contributed by atoms with E-state index in [-0.39, 0.29) is 5.82 Å². The standard InChI is InChI=1S/C20H18FN7O/c1-12-8-13(2)28(25-12)18-9-17(22-11-23-18)24-20-16(10-29)19(27(3)26-20)14-4-6-15(21)7-5-14/h4-11H,1-3H3,(H,22,23,24,26). The summed E-state index contributed by atoms with van der Waals surface area (Å²) in [5.41, 5.74) is 3.44. The van der Waals surface area contributed by atoms with Crippen molar-refractivity contribution in [2.24, 2.45) is 7.05 Å². The SMILES string of the molecule is Cc1cc(C)n(-c2cc(Nc3nn(C)c(-c4ccc(F)cc4)c3C=O)ncn2)n1. The summed E-state index contributed by atoms with van der Waals surface area (Å²) in [6.45, 7) is 3.85. The first-order valence-corrected chi connectivity index (χ1v) is 8.87. The number of nitrogens with one attached hydrogen (secondary N) is 1. The van der Waals surface area contributed by atoms with Crippen LogP contribution in [0.4, 0.5) is 16.0 Å². The van der Waals surface area contributed by atoms with Crippen LogP contribution in [-0.2, 0) is 7.05 Å². The summed E-state index contributed by atoms with van der Waals surface area (Å²) in [7, 11) is 1.72. The highest BCUT2D eigenvalue weighted by atomic mass is 19.1. The summed E-state index contributed by atoms with van der Waals surface area (Å²) in [4.78, 5) is 20.3. The second-order valence-electron chi connectivity index (χ2n) is 6.58. The molecule has 0 aliphatic rings. The Hall–Kier alpha value is -3.88. The summed E-state index contributed by atoms with van der Waals surface area (Å²) < 4.78 is 16.5. The quantitative estimate of drug-likeness (QED) is 0.525. The molecule has 0 unspecified atom stereocenters. The van der Waals surface area contributed by atoms with Gasteiger partial charge in [0, 0.05) is 24.4 Å². The highest BCUT2D eigenvalue weighted by molar-refractivity contribution is 5.93. The van der Waals surface area contributed by atoms with Crippen molar-refractivity contribution in [1.29, 1.82) is 0 Å². The van der Waals surface area contributed by atoms with Crippen molar-refractivity contribution >= 4 is 17.9 Å². The van der Waals surface area contributed by atoms with Gasteiger partial charge in [-0.3, -0.25) is 9.48 Å². The lowest BCUT2D eigenvalue weighted by Crippen LogP contribution is -2.05. The first-order chi connectivity index (χ1) is 14.0. The molecule has 1 aromatic carbocycles. The zero-order chi connectivity index (χ0) is 20.5. The van der Waals surface area contributed by atoms with E-state index in [4.69, 9.17) is 0 Å². The Kier molecular flexibility index (Phi) is 4.63. The highest BCUT2D eigenvalue weighted by Gasteiger charge is 2.18. The van der Waals surface area contributed by atoms with Gasteiger partial charge in [0.05, 0.1) is 17.0 Å². The van der Waals surface area contributed by atoms with Crippen molar-refractivity contribution in [3.8, 4) is 17.1 Å². The van der Waals surface area contributed by atoms with Gasteiger partial charge in [-0.2, -0.15) is 10.2 Å². The van der Waals surface area contributed by atoms with Crippen LogP contribution >= 0.6 is 0 Å². The molecule has 0 atom stereocenters. The Bertz CT molecular complexity index is 1190. The van der Waals surface area contributed by atoms with Crippen LogP contribution in [0.1, 0.15) is 21.7 Å². The molecule has 146 valence electrons. The smallest absolute Gasteiger partial charge is 0.164 e. The molecule has 0 aliphatic carbocycles. The molecule has 0 saturated heterocycles. The van der Waals surface area contributed by atoms with E-state index in [9.17, 15) is 9.18 Å². The van der Waals surface area contributed by atoms with Crippen molar-refractivity contribution in [2.45, 2.75) is 13.8 Å². The van der Waals surface area contributed by atoms with Gasteiger partial charge in [0.25, 0.3) is 0 Å². The van der Waals surface area contributed by atoms with Crippen LogP contribution in [-0.4, -0.2) is 35.8 Å². The van der Waals surface area contributed by atoms with Gasteiger partial charge in [-0.1, -0.05) is 0 Å². The maximum atomic E-state index is 13.3. The fourth-order valence-electron chi connectivity index (χ4n) is 3.21. The Morgan fingerprint density at radius 1 is 1.07 bits per heavy atom. The molecule has 0 amide bonds. The number of halogens is 1. The predicted octanol–water partition coefficient (Wildman–Crippen LogP) is 3.37.